The number of hydrogen-bond donors (Lipinski definition) is 1. The van der Waals surface area contributed by atoms with Gasteiger partial charge in [-0.1, -0.05) is 65.3 Å². The molecule has 3 aromatic rings. The lowest BCUT2D eigenvalue weighted by atomic mass is 10.1. The summed E-state index contributed by atoms with van der Waals surface area (Å²) < 4.78 is 10.8. The van der Waals surface area contributed by atoms with Crippen LogP contribution in [0, 0.1) is 6.92 Å². The van der Waals surface area contributed by atoms with Crippen LogP contribution in [0.15, 0.2) is 59.1 Å². The zero-order valence-electron chi connectivity index (χ0n) is 16.7. The van der Waals surface area contributed by atoms with Gasteiger partial charge in [0.2, 0.25) is 17.8 Å². The van der Waals surface area contributed by atoms with Crippen molar-refractivity contribution in [2.24, 2.45) is 0 Å². The summed E-state index contributed by atoms with van der Waals surface area (Å²) in [7, 11) is 0. The summed E-state index contributed by atoms with van der Waals surface area (Å²) in [6.07, 6.45) is 1.23. The Hall–Kier alpha value is -3.48. The van der Waals surface area contributed by atoms with Crippen LogP contribution in [-0.4, -0.2) is 28.1 Å². The predicted molar refractivity (Wildman–Crippen MR) is 109 cm³/mol. The van der Waals surface area contributed by atoms with Crippen LogP contribution in [0.4, 0.5) is 0 Å². The molecule has 1 fully saturated rings. The summed E-state index contributed by atoms with van der Waals surface area (Å²) in [6, 6.07) is 17.0. The largest absolute Gasteiger partial charge is 0.447 e. The standard InChI is InChI=1S/C23H23N3O4/c1-15-7-9-17(10-8-15)22-25-19(30-26-22)13-14-20(27)29-21(16-5-3-2-4-6-16)23(28)24-18-11-12-18/h2-10,18,21H,11-14H2,1H3,(H,24,28). The summed E-state index contributed by atoms with van der Waals surface area (Å²) in [4.78, 5) is 29.3. The molecule has 0 bridgehead atoms. The van der Waals surface area contributed by atoms with Crippen molar-refractivity contribution in [1.82, 2.24) is 15.5 Å². The van der Waals surface area contributed by atoms with Gasteiger partial charge in [-0.05, 0) is 19.8 Å². The number of amides is 1. The molecule has 7 heteroatoms. The van der Waals surface area contributed by atoms with Gasteiger partial charge in [0.05, 0.1) is 6.42 Å². The van der Waals surface area contributed by atoms with E-state index in [1.54, 1.807) is 12.1 Å². The third-order valence-electron chi connectivity index (χ3n) is 4.83. The van der Waals surface area contributed by atoms with Crippen molar-refractivity contribution in [2.45, 2.75) is 44.8 Å². The molecule has 0 radical (unpaired) electrons. The minimum absolute atomic E-state index is 0.0373. The van der Waals surface area contributed by atoms with E-state index in [-0.39, 0.29) is 24.8 Å². The first-order valence-electron chi connectivity index (χ1n) is 10.0. The summed E-state index contributed by atoms with van der Waals surface area (Å²) in [6.45, 7) is 2.00. The lowest BCUT2D eigenvalue weighted by Gasteiger charge is -2.17. The second-order valence-corrected chi connectivity index (χ2v) is 7.44. The summed E-state index contributed by atoms with van der Waals surface area (Å²) in [5.74, 6) is 0.0342. The first-order valence-corrected chi connectivity index (χ1v) is 10.0. The minimum atomic E-state index is -0.967. The highest BCUT2D eigenvalue weighted by atomic mass is 16.5. The van der Waals surface area contributed by atoms with Crippen LogP contribution in [0.3, 0.4) is 0 Å². The number of rotatable bonds is 8. The van der Waals surface area contributed by atoms with E-state index in [1.165, 1.54) is 0 Å². The fraction of sp³-hybridized carbons (Fsp3) is 0.304. The van der Waals surface area contributed by atoms with Gasteiger partial charge in [0.1, 0.15) is 0 Å². The Morgan fingerprint density at radius 2 is 1.87 bits per heavy atom. The first kappa shape index (κ1) is 19.8. The normalized spacial score (nSPS) is 14.2. The van der Waals surface area contributed by atoms with E-state index in [4.69, 9.17) is 9.26 Å². The number of carbonyl (C=O) groups excluding carboxylic acids is 2. The zero-order valence-corrected chi connectivity index (χ0v) is 16.7. The number of aryl methyl sites for hydroxylation is 2. The van der Waals surface area contributed by atoms with Crippen LogP contribution < -0.4 is 5.32 Å². The molecule has 1 N–H and O–H groups in total. The second-order valence-electron chi connectivity index (χ2n) is 7.44. The van der Waals surface area contributed by atoms with Crippen molar-refractivity contribution in [1.29, 1.82) is 0 Å². The van der Waals surface area contributed by atoms with Crippen LogP contribution in [0.1, 0.15) is 42.4 Å². The van der Waals surface area contributed by atoms with Crippen LogP contribution >= 0.6 is 0 Å². The van der Waals surface area contributed by atoms with E-state index in [9.17, 15) is 9.59 Å². The Morgan fingerprint density at radius 3 is 2.57 bits per heavy atom. The summed E-state index contributed by atoms with van der Waals surface area (Å²) in [5, 5.41) is 6.87. The van der Waals surface area contributed by atoms with Crippen molar-refractivity contribution in [3.63, 3.8) is 0 Å². The molecule has 4 rings (SSSR count). The van der Waals surface area contributed by atoms with Crippen molar-refractivity contribution >= 4 is 11.9 Å². The molecular weight excluding hydrogens is 382 g/mol. The third kappa shape index (κ3) is 5.11. The molecule has 2 aromatic carbocycles. The number of nitrogens with zero attached hydrogens (tertiary/aromatic N) is 2. The maximum absolute atomic E-state index is 12.6. The predicted octanol–water partition coefficient (Wildman–Crippen LogP) is 3.54. The van der Waals surface area contributed by atoms with E-state index in [0.717, 1.165) is 24.0 Å². The molecule has 1 unspecified atom stereocenters. The Bertz CT molecular complexity index is 1010. The van der Waals surface area contributed by atoms with Crippen molar-refractivity contribution in [3.05, 3.63) is 71.6 Å². The highest BCUT2D eigenvalue weighted by Crippen LogP contribution is 2.24. The Labute approximate surface area is 174 Å². The molecule has 7 nitrogen and oxygen atoms in total. The van der Waals surface area contributed by atoms with Crippen LogP contribution in [0.2, 0.25) is 0 Å². The van der Waals surface area contributed by atoms with E-state index in [2.05, 4.69) is 15.5 Å². The van der Waals surface area contributed by atoms with Gasteiger partial charge in [0.15, 0.2) is 0 Å². The first-order chi connectivity index (χ1) is 14.6. The van der Waals surface area contributed by atoms with Gasteiger partial charge in [-0.25, -0.2) is 0 Å². The van der Waals surface area contributed by atoms with Gasteiger partial charge in [-0.2, -0.15) is 4.98 Å². The molecule has 154 valence electrons. The SMILES string of the molecule is Cc1ccc(-c2noc(CCC(=O)OC(C(=O)NC3CC3)c3ccccc3)n2)cc1. The molecule has 1 aliphatic rings. The van der Waals surface area contributed by atoms with Gasteiger partial charge < -0.3 is 14.6 Å². The van der Waals surface area contributed by atoms with E-state index < -0.39 is 12.1 Å². The van der Waals surface area contributed by atoms with Gasteiger partial charge in [0, 0.05) is 23.6 Å². The number of hydrogen-bond acceptors (Lipinski definition) is 6. The molecule has 1 atom stereocenters. The van der Waals surface area contributed by atoms with E-state index in [0.29, 0.717) is 17.3 Å². The van der Waals surface area contributed by atoms with Crippen molar-refractivity contribution < 1.29 is 18.8 Å². The molecule has 1 aromatic heterocycles. The lowest BCUT2D eigenvalue weighted by Crippen LogP contribution is -2.33. The van der Waals surface area contributed by atoms with Gasteiger partial charge >= 0.3 is 5.97 Å². The minimum Gasteiger partial charge on any atom is -0.447 e. The average Bonchev–Trinajstić information content (AvgIpc) is 3.45. The molecule has 0 saturated heterocycles. The lowest BCUT2D eigenvalue weighted by molar-refractivity contribution is -0.156. The molecule has 0 spiro atoms. The molecule has 0 aliphatic heterocycles. The third-order valence-corrected chi connectivity index (χ3v) is 4.83. The Balaban J connectivity index is 1.36. The number of ether oxygens (including phenoxy) is 1. The molecule has 30 heavy (non-hydrogen) atoms. The number of carbonyl (C=O) groups is 2. The second kappa shape index (κ2) is 8.90. The molecule has 1 amide bonds. The zero-order chi connectivity index (χ0) is 20.9. The molecule has 1 saturated carbocycles. The topological polar surface area (TPSA) is 94.3 Å². The van der Waals surface area contributed by atoms with Gasteiger partial charge in [0.25, 0.3) is 5.91 Å². The Morgan fingerprint density at radius 1 is 1.13 bits per heavy atom. The average molecular weight is 405 g/mol. The number of esters is 1. The van der Waals surface area contributed by atoms with Gasteiger partial charge in [-0.3, -0.25) is 9.59 Å². The van der Waals surface area contributed by atoms with Crippen LogP contribution in [0.25, 0.3) is 11.4 Å². The fourth-order valence-electron chi connectivity index (χ4n) is 2.98. The Kier molecular flexibility index (Phi) is 5.88. The quantitative estimate of drug-likeness (QED) is 0.576. The molecular formula is C23H23N3O4. The number of nitrogens with one attached hydrogen (secondary N) is 1. The smallest absolute Gasteiger partial charge is 0.307 e. The van der Waals surface area contributed by atoms with Crippen LogP contribution in [-0.2, 0) is 20.7 Å². The summed E-state index contributed by atoms with van der Waals surface area (Å²) in [5.41, 5.74) is 2.63. The number of benzene rings is 2. The van der Waals surface area contributed by atoms with Crippen LogP contribution in [0.5, 0.6) is 0 Å². The molecule has 1 aliphatic carbocycles. The highest BCUT2D eigenvalue weighted by molar-refractivity contribution is 5.85. The van der Waals surface area contributed by atoms with Crippen molar-refractivity contribution in [3.8, 4) is 11.4 Å². The van der Waals surface area contributed by atoms with Gasteiger partial charge in [-0.15, -0.1) is 0 Å². The summed E-state index contributed by atoms with van der Waals surface area (Å²) >= 11 is 0. The maximum atomic E-state index is 12.6. The fourth-order valence-corrected chi connectivity index (χ4v) is 2.98. The monoisotopic (exact) mass is 405 g/mol. The van der Waals surface area contributed by atoms with Crippen molar-refractivity contribution in [2.75, 3.05) is 0 Å². The molecule has 1 heterocycles. The number of aromatic nitrogens is 2. The highest BCUT2D eigenvalue weighted by Gasteiger charge is 2.30. The van der Waals surface area contributed by atoms with E-state index in [1.807, 2.05) is 49.4 Å². The van der Waals surface area contributed by atoms with E-state index >= 15 is 0 Å². The maximum Gasteiger partial charge on any atom is 0.307 e.